The quantitative estimate of drug-likeness (QED) is 0.560. The van der Waals surface area contributed by atoms with Gasteiger partial charge in [0.05, 0.1) is 11.8 Å². The smallest absolute Gasteiger partial charge is 0.243 e. The van der Waals surface area contributed by atoms with Crippen molar-refractivity contribution in [2.75, 3.05) is 13.1 Å². The van der Waals surface area contributed by atoms with E-state index >= 15 is 0 Å². The van der Waals surface area contributed by atoms with E-state index < -0.39 is 6.04 Å². The van der Waals surface area contributed by atoms with Crippen molar-refractivity contribution >= 4 is 17.7 Å². The molecule has 0 radical (unpaired) electrons. The molecule has 28 heavy (non-hydrogen) atoms. The first-order valence-electron chi connectivity index (χ1n) is 11.0. The normalized spacial score (nSPS) is 30.0. The third-order valence-electron chi connectivity index (χ3n) is 6.79. The lowest BCUT2D eigenvalue weighted by Gasteiger charge is -2.34. The van der Waals surface area contributed by atoms with E-state index in [1.54, 1.807) is 0 Å². The highest BCUT2D eigenvalue weighted by Crippen LogP contribution is 2.37. The van der Waals surface area contributed by atoms with Gasteiger partial charge in [-0.1, -0.05) is 26.0 Å². The van der Waals surface area contributed by atoms with Crippen molar-refractivity contribution in [3.05, 3.63) is 12.2 Å². The largest absolute Gasteiger partial charge is 0.351 e. The van der Waals surface area contributed by atoms with Crippen LogP contribution in [0.2, 0.25) is 0 Å². The summed E-state index contributed by atoms with van der Waals surface area (Å²) in [4.78, 5) is 43.0. The van der Waals surface area contributed by atoms with Crippen LogP contribution in [0.5, 0.6) is 0 Å². The topological polar surface area (TPSA) is 69.7 Å². The number of carbonyl (C=O) groups excluding carboxylic acids is 3. The van der Waals surface area contributed by atoms with E-state index in [0.717, 1.165) is 32.0 Å². The van der Waals surface area contributed by atoms with Gasteiger partial charge in [0.2, 0.25) is 17.7 Å². The summed E-state index contributed by atoms with van der Waals surface area (Å²) in [5, 5.41) is 3.18. The predicted octanol–water partition coefficient (Wildman–Crippen LogP) is 2.10. The summed E-state index contributed by atoms with van der Waals surface area (Å²) >= 11 is 0. The van der Waals surface area contributed by atoms with E-state index in [2.05, 4.69) is 10.2 Å². The fourth-order valence-corrected chi connectivity index (χ4v) is 5.06. The fourth-order valence-electron chi connectivity index (χ4n) is 5.06. The number of hydrogen-bond acceptors (Lipinski definition) is 4. The van der Waals surface area contributed by atoms with Gasteiger partial charge < -0.3 is 10.2 Å². The third kappa shape index (κ3) is 3.88. The molecule has 0 aromatic heterocycles. The first-order chi connectivity index (χ1) is 13.5. The Kier molecular flexibility index (Phi) is 5.59. The van der Waals surface area contributed by atoms with Crippen LogP contribution in [-0.4, -0.2) is 58.7 Å². The van der Waals surface area contributed by atoms with E-state index in [1.807, 2.05) is 26.0 Å². The molecule has 1 saturated carbocycles. The molecule has 2 aliphatic carbocycles. The van der Waals surface area contributed by atoms with Crippen LogP contribution in [0.1, 0.15) is 58.8 Å². The zero-order valence-corrected chi connectivity index (χ0v) is 17.1. The van der Waals surface area contributed by atoms with Crippen molar-refractivity contribution in [3.63, 3.8) is 0 Å². The molecule has 4 aliphatic rings. The summed E-state index contributed by atoms with van der Waals surface area (Å²) in [6.45, 7) is 6.13. The Balaban J connectivity index is 1.43. The maximum Gasteiger partial charge on any atom is 0.243 e. The number of carbonyl (C=O) groups is 3. The molecule has 0 spiro atoms. The average Bonchev–Trinajstić information content (AvgIpc) is 3.49. The van der Waals surface area contributed by atoms with Crippen LogP contribution in [0, 0.1) is 17.8 Å². The van der Waals surface area contributed by atoms with Crippen LogP contribution in [0.4, 0.5) is 0 Å². The Morgan fingerprint density at radius 2 is 1.61 bits per heavy atom. The Bertz CT molecular complexity index is 636. The number of hydrogen-bond donors (Lipinski definition) is 1. The second-order valence-electron chi connectivity index (χ2n) is 9.40. The van der Waals surface area contributed by atoms with Crippen molar-refractivity contribution in [3.8, 4) is 0 Å². The minimum absolute atomic E-state index is 0.146. The summed E-state index contributed by atoms with van der Waals surface area (Å²) in [6.07, 6.45) is 10.2. The maximum absolute atomic E-state index is 13.2. The lowest BCUT2D eigenvalue weighted by molar-refractivity contribution is -0.148. The van der Waals surface area contributed by atoms with Crippen LogP contribution < -0.4 is 5.32 Å². The molecule has 3 amide bonds. The molecule has 1 N–H and O–H groups in total. The molecule has 6 heteroatoms. The molecule has 6 nitrogen and oxygen atoms in total. The number of fused-ring (bicyclic) bond motifs is 1. The predicted molar refractivity (Wildman–Crippen MR) is 106 cm³/mol. The first-order valence-corrected chi connectivity index (χ1v) is 11.0. The highest BCUT2D eigenvalue weighted by molar-refractivity contribution is 6.08. The van der Waals surface area contributed by atoms with Gasteiger partial charge in [-0.3, -0.25) is 19.3 Å². The standard InChI is InChI=1S/C22H33N3O3/c1-14(2)13-19(25-21(27)17-5-3-4-6-18(17)22(25)28)20(26)23-15-9-11-24(12-10-15)16-7-8-16/h3-4,14-19H,5-13H2,1-2H3,(H,23,26). The maximum atomic E-state index is 13.2. The molecule has 2 heterocycles. The summed E-state index contributed by atoms with van der Waals surface area (Å²) in [7, 11) is 0. The Morgan fingerprint density at radius 3 is 2.11 bits per heavy atom. The SMILES string of the molecule is CC(C)CC(C(=O)NC1CCN(C2CC2)CC1)N1C(=O)C2CC=CCC2C1=O. The van der Waals surface area contributed by atoms with Crippen LogP contribution in [0.3, 0.4) is 0 Å². The number of piperidine rings is 1. The summed E-state index contributed by atoms with van der Waals surface area (Å²) in [6, 6.07) is 0.239. The second-order valence-corrected chi connectivity index (χ2v) is 9.40. The zero-order chi connectivity index (χ0) is 19.8. The van der Waals surface area contributed by atoms with Crippen LogP contribution in [0.25, 0.3) is 0 Å². The van der Waals surface area contributed by atoms with E-state index in [0.29, 0.717) is 19.3 Å². The van der Waals surface area contributed by atoms with Gasteiger partial charge in [-0.05, 0) is 50.9 Å². The number of nitrogens with zero attached hydrogens (tertiary/aromatic N) is 2. The van der Waals surface area contributed by atoms with Gasteiger partial charge in [-0.25, -0.2) is 0 Å². The summed E-state index contributed by atoms with van der Waals surface area (Å²) < 4.78 is 0. The highest BCUT2D eigenvalue weighted by Gasteiger charge is 2.51. The molecule has 3 unspecified atom stereocenters. The summed E-state index contributed by atoms with van der Waals surface area (Å²) in [5.74, 6) is -0.767. The van der Waals surface area contributed by atoms with Gasteiger partial charge in [0.15, 0.2) is 0 Å². The van der Waals surface area contributed by atoms with Gasteiger partial charge in [0.25, 0.3) is 0 Å². The molecule has 0 aromatic carbocycles. The number of amides is 3. The molecule has 0 bridgehead atoms. The van der Waals surface area contributed by atoms with Crippen LogP contribution in [-0.2, 0) is 14.4 Å². The number of rotatable bonds is 6. The van der Waals surface area contributed by atoms with E-state index in [-0.39, 0.29) is 41.5 Å². The number of likely N-dealkylation sites (tertiary alicyclic amines) is 2. The lowest BCUT2D eigenvalue weighted by Crippen LogP contribution is -2.54. The highest BCUT2D eigenvalue weighted by atomic mass is 16.2. The molecule has 3 atom stereocenters. The van der Waals surface area contributed by atoms with Gasteiger partial charge in [0, 0.05) is 25.2 Å². The molecular weight excluding hydrogens is 354 g/mol. The summed E-state index contributed by atoms with van der Waals surface area (Å²) in [5.41, 5.74) is 0. The third-order valence-corrected chi connectivity index (χ3v) is 6.79. The van der Waals surface area contributed by atoms with E-state index in [1.165, 1.54) is 17.7 Å². The Labute approximate surface area is 167 Å². The first kappa shape index (κ1) is 19.6. The van der Waals surface area contributed by atoms with E-state index in [9.17, 15) is 14.4 Å². The molecule has 2 aliphatic heterocycles. The molecule has 4 rings (SSSR count). The van der Waals surface area contributed by atoms with Gasteiger partial charge >= 0.3 is 0 Å². The van der Waals surface area contributed by atoms with Crippen molar-refractivity contribution in [2.45, 2.75) is 76.9 Å². The van der Waals surface area contributed by atoms with Gasteiger partial charge in [-0.2, -0.15) is 0 Å². The lowest BCUT2D eigenvalue weighted by atomic mass is 9.85. The van der Waals surface area contributed by atoms with Crippen molar-refractivity contribution in [2.24, 2.45) is 17.8 Å². The molecule has 3 fully saturated rings. The van der Waals surface area contributed by atoms with Crippen molar-refractivity contribution < 1.29 is 14.4 Å². The van der Waals surface area contributed by atoms with Gasteiger partial charge in [0.1, 0.15) is 6.04 Å². The van der Waals surface area contributed by atoms with Crippen LogP contribution in [0.15, 0.2) is 12.2 Å². The monoisotopic (exact) mass is 387 g/mol. The minimum Gasteiger partial charge on any atom is -0.351 e. The molecule has 154 valence electrons. The van der Waals surface area contributed by atoms with Crippen molar-refractivity contribution in [1.29, 1.82) is 0 Å². The zero-order valence-electron chi connectivity index (χ0n) is 17.1. The number of imide groups is 1. The minimum atomic E-state index is -0.674. The Hall–Kier alpha value is -1.69. The molecular formula is C22H33N3O3. The molecule has 0 aromatic rings. The van der Waals surface area contributed by atoms with Crippen LogP contribution >= 0.6 is 0 Å². The van der Waals surface area contributed by atoms with E-state index in [4.69, 9.17) is 0 Å². The Morgan fingerprint density at radius 1 is 1.04 bits per heavy atom. The number of allylic oxidation sites excluding steroid dienone is 2. The fraction of sp³-hybridized carbons (Fsp3) is 0.773. The second kappa shape index (κ2) is 7.97. The molecule has 2 saturated heterocycles. The van der Waals surface area contributed by atoms with Crippen molar-refractivity contribution in [1.82, 2.24) is 15.1 Å². The van der Waals surface area contributed by atoms with Gasteiger partial charge in [-0.15, -0.1) is 0 Å². The average molecular weight is 388 g/mol. The number of nitrogens with one attached hydrogen (secondary N) is 1.